The Morgan fingerprint density at radius 3 is 2.60 bits per heavy atom. The molecular weight excluding hydrogens is 401 g/mol. The van der Waals surface area contributed by atoms with Gasteiger partial charge in [-0.2, -0.15) is 0 Å². The summed E-state index contributed by atoms with van der Waals surface area (Å²) in [6, 6.07) is 6.02. The van der Waals surface area contributed by atoms with Crippen molar-refractivity contribution in [3.05, 3.63) is 62.8 Å². The van der Waals surface area contributed by atoms with Gasteiger partial charge in [0.2, 0.25) is 0 Å². The average Bonchev–Trinajstić information content (AvgIpc) is 2.66. The maximum atomic E-state index is 13.6. The zero-order valence-corrected chi connectivity index (χ0v) is 18.5. The summed E-state index contributed by atoms with van der Waals surface area (Å²) >= 11 is 1.52. The van der Waals surface area contributed by atoms with Gasteiger partial charge in [0.25, 0.3) is 5.56 Å². The van der Waals surface area contributed by atoms with Crippen LogP contribution >= 0.6 is 11.8 Å². The van der Waals surface area contributed by atoms with E-state index in [1.54, 1.807) is 12.1 Å². The Morgan fingerprint density at radius 1 is 1.23 bits per heavy atom. The van der Waals surface area contributed by atoms with Gasteiger partial charge in [0.15, 0.2) is 10.9 Å². The predicted octanol–water partition coefficient (Wildman–Crippen LogP) is 5.00. The molecule has 158 valence electrons. The molecule has 0 amide bonds. The number of H-pyrrole nitrogens is 1. The second-order valence-corrected chi connectivity index (χ2v) is 10.3. The molecule has 30 heavy (non-hydrogen) atoms. The number of nitrogens with one attached hydrogen (secondary N) is 2. The van der Waals surface area contributed by atoms with Crippen molar-refractivity contribution < 1.29 is 9.18 Å². The van der Waals surface area contributed by atoms with Crippen LogP contribution in [0.25, 0.3) is 0 Å². The molecule has 2 heterocycles. The largest absolute Gasteiger partial charge is 0.343 e. The summed E-state index contributed by atoms with van der Waals surface area (Å²) in [5.74, 6) is -0.404. The smallest absolute Gasteiger partial charge is 0.257 e. The van der Waals surface area contributed by atoms with E-state index in [2.05, 4.69) is 38.0 Å². The molecule has 2 atom stereocenters. The molecule has 1 aromatic carbocycles. The third-order valence-corrected chi connectivity index (χ3v) is 6.94. The monoisotopic (exact) mass is 427 g/mol. The first-order chi connectivity index (χ1) is 14.2. The van der Waals surface area contributed by atoms with E-state index in [0.29, 0.717) is 45.8 Å². The van der Waals surface area contributed by atoms with Gasteiger partial charge in [0.05, 0.1) is 5.56 Å². The van der Waals surface area contributed by atoms with Crippen LogP contribution in [0.1, 0.15) is 64.0 Å². The zero-order chi connectivity index (χ0) is 21.6. The number of anilines is 1. The maximum Gasteiger partial charge on any atom is 0.257 e. The third-order valence-electron chi connectivity index (χ3n) is 5.79. The fraction of sp³-hybridized carbons (Fsp3) is 0.435. The van der Waals surface area contributed by atoms with Gasteiger partial charge in [0.1, 0.15) is 11.6 Å². The fourth-order valence-electron chi connectivity index (χ4n) is 4.21. The first-order valence-corrected chi connectivity index (χ1v) is 11.2. The number of aromatic amines is 1. The highest BCUT2D eigenvalue weighted by molar-refractivity contribution is 7.99. The van der Waals surface area contributed by atoms with Crippen LogP contribution in [0, 0.1) is 11.2 Å². The lowest BCUT2D eigenvalue weighted by Crippen LogP contribution is -2.37. The highest BCUT2D eigenvalue weighted by Gasteiger charge is 2.42. The van der Waals surface area contributed by atoms with Crippen molar-refractivity contribution in [2.75, 3.05) is 5.32 Å². The van der Waals surface area contributed by atoms with E-state index in [1.807, 2.05) is 0 Å². The summed E-state index contributed by atoms with van der Waals surface area (Å²) in [6.07, 6.45) is 2.05. The van der Waals surface area contributed by atoms with E-state index in [-0.39, 0.29) is 22.6 Å². The maximum absolute atomic E-state index is 13.6. The Hall–Kier alpha value is -2.41. The summed E-state index contributed by atoms with van der Waals surface area (Å²) in [7, 11) is 0. The highest BCUT2D eigenvalue weighted by atomic mass is 32.2. The lowest BCUT2D eigenvalue weighted by molar-refractivity contribution is -0.118. The molecule has 7 heteroatoms. The van der Waals surface area contributed by atoms with Crippen LogP contribution in [-0.4, -0.2) is 21.0 Å². The van der Waals surface area contributed by atoms with Gasteiger partial charge >= 0.3 is 0 Å². The van der Waals surface area contributed by atoms with Gasteiger partial charge in [-0.15, -0.1) is 0 Å². The fourth-order valence-corrected chi connectivity index (χ4v) is 5.05. The van der Waals surface area contributed by atoms with E-state index in [0.717, 1.165) is 12.1 Å². The SMILES string of the molecule is CCC(C)Sc1nc2c(c(=O)[nH]1)C(c1ccc(F)cc1)C1=C(CC(C)(C)CC1=O)N2. The summed E-state index contributed by atoms with van der Waals surface area (Å²) in [4.78, 5) is 33.9. The number of aromatic nitrogens is 2. The number of hydrogen-bond donors (Lipinski definition) is 2. The minimum absolute atomic E-state index is 0.0196. The van der Waals surface area contributed by atoms with Crippen molar-refractivity contribution in [1.29, 1.82) is 0 Å². The van der Waals surface area contributed by atoms with Crippen LogP contribution in [0.4, 0.5) is 10.2 Å². The summed E-state index contributed by atoms with van der Waals surface area (Å²) < 4.78 is 13.6. The summed E-state index contributed by atoms with van der Waals surface area (Å²) in [5.41, 5.74) is 2.11. The molecule has 5 nitrogen and oxygen atoms in total. The first-order valence-electron chi connectivity index (χ1n) is 10.3. The third kappa shape index (κ3) is 3.83. The molecular formula is C23H26FN3O2S. The van der Waals surface area contributed by atoms with Gasteiger partial charge in [-0.3, -0.25) is 9.59 Å². The molecule has 0 fully saturated rings. The molecule has 1 aromatic heterocycles. The Morgan fingerprint density at radius 2 is 1.93 bits per heavy atom. The van der Waals surface area contributed by atoms with Crippen molar-refractivity contribution in [3.8, 4) is 0 Å². The zero-order valence-electron chi connectivity index (χ0n) is 17.6. The number of halogens is 1. The number of fused-ring (bicyclic) bond motifs is 1. The number of ketones is 1. The molecule has 2 aromatic rings. The molecule has 2 aliphatic rings. The van der Waals surface area contributed by atoms with Crippen LogP contribution in [0.15, 0.2) is 45.5 Å². The number of hydrogen-bond acceptors (Lipinski definition) is 5. The van der Waals surface area contributed by atoms with Crippen molar-refractivity contribution in [2.45, 2.75) is 63.3 Å². The molecule has 1 aliphatic carbocycles. The Balaban J connectivity index is 1.90. The van der Waals surface area contributed by atoms with E-state index < -0.39 is 5.92 Å². The lowest BCUT2D eigenvalue weighted by Gasteiger charge is -2.38. The average molecular weight is 428 g/mol. The van der Waals surface area contributed by atoms with E-state index in [4.69, 9.17) is 4.98 Å². The summed E-state index contributed by atoms with van der Waals surface area (Å²) in [6.45, 7) is 8.30. The van der Waals surface area contributed by atoms with Crippen LogP contribution in [0.5, 0.6) is 0 Å². The van der Waals surface area contributed by atoms with Crippen molar-refractivity contribution in [1.82, 2.24) is 9.97 Å². The number of allylic oxidation sites excluding steroid dienone is 2. The van der Waals surface area contributed by atoms with Crippen molar-refractivity contribution in [3.63, 3.8) is 0 Å². The molecule has 4 rings (SSSR count). The van der Waals surface area contributed by atoms with Crippen LogP contribution in [0.3, 0.4) is 0 Å². The molecule has 0 bridgehead atoms. The van der Waals surface area contributed by atoms with E-state index in [1.165, 1.54) is 23.9 Å². The van der Waals surface area contributed by atoms with Crippen LogP contribution in [0.2, 0.25) is 0 Å². The first kappa shape index (κ1) is 20.8. The number of carbonyl (C=O) groups is 1. The highest BCUT2D eigenvalue weighted by Crippen LogP contribution is 2.47. The topological polar surface area (TPSA) is 74.8 Å². The van der Waals surface area contributed by atoms with Gasteiger partial charge in [0, 0.05) is 28.9 Å². The second kappa shape index (κ2) is 7.69. The van der Waals surface area contributed by atoms with Gasteiger partial charge < -0.3 is 10.3 Å². The number of Topliss-reactive ketones (excluding diaryl/α,β-unsaturated/α-hetero) is 1. The molecule has 1 aliphatic heterocycles. The normalized spacial score (nSPS) is 21.0. The van der Waals surface area contributed by atoms with Crippen molar-refractivity contribution in [2.24, 2.45) is 5.41 Å². The Bertz CT molecular complexity index is 1090. The predicted molar refractivity (Wildman–Crippen MR) is 117 cm³/mol. The molecule has 0 spiro atoms. The number of nitrogens with zero attached hydrogens (tertiary/aromatic N) is 1. The number of thioether (sulfide) groups is 1. The minimum Gasteiger partial charge on any atom is -0.343 e. The quantitative estimate of drug-likeness (QED) is 0.531. The summed E-state index contributed by atoms with van der Waals surface area (Å²) in [5, 5.41) is 4.18. The number of benzene rings is 1. The Kier molecular flexibility index (Phi) is 5.34. The van der Waals surface area contributed by atoms with Crippen LogP contribution in [-0.2, 0) is 4.79 Å². The molecule has 0 radical (unpaired) electrons. The van der Waals surface area contributed by atoms with E-state index >= 15 is 0 Å². The number of rotatable bonds is 4. The van der Waals surface area contributed by atoms with Gasteiger partial charge in [-0.25, -0.2) is 9.37 Å². The molecule has 0 saturated heterocycles. The van der Waals surface area contributed by atoms with E-state index in [9.17, 15) is 14.0 Å². The molecule has 0 saturated carbocycles. The van der Waals surface area contributed by atoms with Gasteiger partial charge in [-0.1, -0.05) is 51.6 Å². The standard InChI is InChI=1S/C23H26FN3O2S/c1-5-12(2)30-22-26-20-19(21(29)27-22)17(13-6-8-14(24)9-7-13)18-15(25-20)10-23(3,4)11-16(18)28/h6-9,12,17H,5,10-11H2,1-4H3,(H2,25,26,27,29). The number of carbonyl (C=O) groups excluding carboxylic acids is 1. The Labute approximate surface area is 179 Å². The molecule has 2 unspecified atom stereocenters. The van der Waals surface area contributed by atoms with Crippen molar-refractivity contribution >= 4 is 23.4 Å². The second-order valence-electron chi connectivity index (χ2n) is 8.91. The van der Waals surface area contributed by atoms with Crippen LogP contribution < -0.4 is 10.9 Å². The van der Waals surface area contributed by atoms with Gasteiger partial charge in [-0.05, 0) is 36.0 Å². The molecule has 2 N–H and O–H groups in total. The minimum atomic E-state index is -0.556. The lowest BCUT2D eigenvalue weighted by atomic mass is 9.69.